The molecule has 2 bridgehead atoms. The topological polar surface area (TPSA) is 78.9 Å². The number of hydrogen-bond donors (Lipinski definition) is 0. The number of carbonyl (C=O) groups excluding carboxylic acids is 3. The molecular weight excluding hydrogens is 374 g/mol. The van der Waals surface area contributed by atoms with Gasteiger partial charge in [0.25, 0.3) is 0 Å². The van der Waals surface area contributed by atoms with Gasteiger partial charge < -0.3 is 14.2 Å². The van der Waals surface area contributed by atoms with Gasteiger partial charge in [0, 0.05) is 18.8 Å². The first kappa shape index (κ1) is 19.6. The molecule has 0 amide bonds. The quantitative estimate of drug-likeness (QED) is 0.521. The average Bonchev–Trinajstić information content (AvgIpc) is 3.25. The summed E-state index contributed by atoms with van der Waals surface area (Å²) in [6, 6.07) is 0. The van der Waals surface area contributed by atoms with Crippen LogP contribution >= 0.6 is 0 Å². The summed E-state index contributed by atoms with van der Waals surface area (Å²) in [5, 5.41) is 0. The second-order valence-electron chi connectivity index (χ2n) is 8.79. The Kier molecular flexibility index (Phi) is 4.66. The Bertz CT molecular complexity index is 681. The second kappa shape index (κ2) is 6.66. The van der Waals surface area contributed by atoms with Crippen molar-refractivity contribution >= 4 is 17.9 Å². The normalized spacial score (nSPS) is 38.2. The first-order valence-electron chi connectivity index (χ1n) is 10.2. The summed E-state index contributed by atoms with van der Waals surface area (Å²) in [6.45, 7) is 2.44. The standard InChI is InChI=1S/C20H26F2O6/c1-3-20(7-5-4-6-8-20)28-17(24)13-11-9-10-12(13)16(23)26-14(10)15(11)27-18(25)19(2,21)22/h10-15H,3-9H2,1-2H3. The number of alkyl halides is 2. The highest BCUT2D eigenvalue weighted by atomic mass is 19.3. The van der Waals surface area contributed by atoms with Crippen LogP contribution in [0.2, 0.25) is 0 Å². The lowest BCUT2D eigenvalue weighted by atomic mass is 9.77. The summed E-state index contributed by atoms with van der Waals surface area (Å²) < 4.78 is 42.9. The molecule has 0 aromatic rings. The van der Waals surface area contributed by atoms with Gasteiger partial charge in [-0.05, 0) is 38.5 Å². The van der Waals surface area contributed by atoms with Gasteiger partial charge in [-0.1, -0.05) is 13.3 Å². The van der Waals surface area contributed by atoms with E-state index in [9.17, 15) is 23.2 Å². The maximum absolute atomic E-state index is 13.3. The summed E-state index contributed by atoms with van der Waals surface area (Å²) in [5.74, 6) is -8.55. The lowest BCUT2D eigenvalue weighted by Crippen LogP contribution is -2.47. The van der Waals surface area contributed by atoms with E-state index in [1.807, 2.05) is 6.92 Å². The summed E-state index contributed by atoms with van der Waals surface area (Å²) in [4.78, 5) is 37.2. The van der Waals surface area contributed by atoms with Crippen LogP contribution in [0.15, 0.2) is 0 Å². The van der Waals surface area contributed by atoms with Crippen molar-refractivity contribution < 1.29 is 37.4 Å². The largest absolute Gasteiger partial charge is 0.459 e. The lowest BCUT2D eigenvalue weighted by molar-refractivity contribution is -0.188. The second-order valence-corrected chi connectivity index (χ2v) is 8.79. The molecule has 6 nitrogen and oxygen atoms in total. The van der Waals surface area contributed by atoms with Crippen LogP contribution in [0.4, 0.5) is 8.78 Å². The van der Waals surface area contributed by atoms with Crippen molar-refractivity contribution in [3.8, 4) is 0 Å². The molecule has 4 fully saturated rings. The van der Waals surface area contributed by atoms with E-state index in [4.69, 9.17) is 14.2 Å². The Balaban J connectivity index is 1.55. The van der Waals surface area contributed by atoms with Crippen molar-refractivity contribution in [1.29, 1.82) is 0 Å². The van der Waals surface area contributed by atoms with Gasteiger partial charge in [0.15, 0.2) is 0 Å². The minimum atomic E-state index is -3.64. The summed E-state index contributed by atoms with van der Waals surface area (Å²) in [5.41, 5.74) is -0.526. The number of ether oxygens (including phenoxy) is 3. The zero-order chi connectivity index (χ0) is 20.3. The molecule has 3 aliphatic carbocycles. The number of rotatable bonds is 5. The molecule has 4 rings (SSSR count). The van der Waals surface area contributed by atoms with Crippen LogP contribution in [0.1, 0.15) is 58.8 Å². The average molecular weight is 400 g/mol. The molecule has 156 valence electrons. The minimum absolute atomic E-state index is 0.290. The Morgan fingerprint density at radius 2 is 1.89 bits per heavy atom. The fourth-order valence-corrected chi connectivity index (χ4v) is 5.70. The minimum Gasteiger partial charge on any atom is -0.459 e. The monoisotopic (exact) mass is 400 g/mol. The molecule has 0 spiro atoms. The molecule has 0 N–H and O–H groups in total. The molecule has 0 radical (unpaired) electrons. The molecule has 3 saturated carbocycles. The predicted octanol–water partition coefficient (Wildman–Crippen LogP) is 3.02. The van der Waals surface area contributed by atoms with Crippen molar-refractivity contribution in [1.82, 2.24) is 0 Å². The maximum atomic E-state index is 13.3. The summed E-state index contributed by atoms with van der Waals surface area (Å²) in [6.07, 6.45) is 4.01. The number of hydrogen-bond acceptors (Lipinski definition) is 6. The molecule has 4 aliphatic rings. The number of carbonyl (C=O) groups is 3. The first-order chi connectivity index (χ1) is 13.2. The van der Waals surface area contributed by atoms with E-state index >= 15 is 0 Å². The molecule has 1 aliphatic heterocycles. The van der Waals surface area contributed by atoms with Crippen LogP contribution in [0, 0.1) is 23.7 Å². The number of halogens is 2. The predicted molar refractivity (Wildman–Crippen MR) is 91.2 cm³/mol. The highest BCUT2D eigenvalue weighted by molar-refractivity contribution is 5.86. The van der Waals surface area contributed by atoms with Crippen LogP contribution in [0.25, 0.3) is 0 Å². The van der Waals surface area contributed by atoms with Crippen LogP contribution in [0.5, 0.6) is 0 Å². The third kappa shape index (κ3) is 2.99. The third-order valence-electron chi connectivity index (χ3n) is 7.15. The van der Waals surface area contributed by atoms with E-state index < -0.39 is 59.4 Å². The Hall–Kier alpha value is -1.73. The van der Waals surface area contributed by atoms with E-state index in [1.54, 1.807) is 0 Å². The van der Waals surface area contributed by atoms with Crippen LogP contribution in [-0.2, 0) is 28.6 Å². The van der Waals surface area contributed by atoms with Crippen molar-refractivity contribution in [3.05, 3.63) is 0 Å². The molecule has 6 atom stereocenters. The highest BCUT2D eigenvalue weighted by Crippen LogP contribution is 2.59. The molecular formula is C20H26F2O6. The fraction of sp³-hybridized carbons (Fsp3) is 0.850. The van der Waals surface area contributed by atoms with E-state index in [-0.39, 0.29) is 5.92 Å². The van der Waals surface area contributed by atoms with Crippen molar-refractivity contribution in [2.24, 2.45) is 23.7 Å². The Morgan fingerprint density at radius 3 is 2.50 bits per heavy atom. The molecule has 1 saturated heterocycles. The Labute approximate surface area is 162 Å². The maximum Gasteiger partial charge on any atom is 0.377 e. The summed E-state index contributed by atoms with van der Waals surface area (Å²) >= 11 is 0. The smallest absolute Gasteiger partial charge is 0.377 e. The molecule has 0 aromatic heterocycles. The number of esters is 3. The Morgan fingerprint density at radius 1 is 1.21 bits per heavy atom. The molecule has 6 unspecified atom stereocenters. The third-order valence-corrected chi connectivity index (χ3v) is 7.15. The van der Waals surface area contributed by atoms with Crippen LogP contribution in [0.3, 0.4) is 0 Å². The lowest BCUT2D eigenvalue weighted by Gasteiger charge is -2.38. The SMILES string of the molecule is CCC1(OC(=O)C2C3CC4C(OC(=O)C42)C3OC(=O)C(C)(F)F)CCCCC1. The van der Waals surface area contributed by atoms with Crippen molar-refractivity contribution in [2.75, 3.05) is 0 Å². The van der Waals surface area contributed by atoms with E-state index in [2.05, 4.69) is 0 Å². The zero-order valence-electron chi connectivity index (χ0n) is 16.1. The van der Waals surface area contributed by atoms with E-state index in [0.29, 0.717) is 19.8 Å². The molecule has 8 heteroatoms. The van der Waals surface area contributed by atoms with Gasteiger partial charge >= 0.3 is 23.8 Å². The molecule has 28 heavy (non-hydrogen) atoms. The first-order valence-corrected chi connectivity index (χ1v) is 10.2. The fourth-order valence-electron chi connectivity index (χ4n) is 5.70. The molecule has 0 aromatic carbocycles. The van der Waals surface area contributed by atoms with Gasteiger partial charge in [0.05, 0.1) is 11.8 Å². The van der Waals surface area contributed by atoms with E-state index in [1.165, 1.54) is 0 Å². The summed E-state index contributed by atoms with van der Waals surface area (Å²) in [7, 11) is 0. The van der Waals surface area contributed by atoms with Gasteiger partial charge in [-0.3, -0.25) is 9.59 Å². The van der Waals surface area contributed by atoms with Crippen LogP contribution < -0.4 is 0 Å². The van der Waals surface area contributed by atoms with Gasteiger partial charge in [0.2, 0.25) is 0 Å². The van der Waals surface area contributed by atoms with Gasteiger partial charge in [-0.15, -0.1) is 0 Å². The van der Waals surface area contributed by atoms with Gasteiger partial charge in [0.1, 0.15) is 17.8 Å². The van der Waals surface area contributed by atoms with Crippen LogP contribution in [-0.4, -0.2) is 41.6 Å². The van der Waals surface area contributed by atoms with Gasteiger partial charge in [-0.2, -0.15) is 8.78 Å². The van der Waals surface area contributed by atoms with Crippen molar-refractivity contribution in [2.45, 2.75) is 82.5 Å². The number of fused-ring (bicyclic) bond motifs is 1. The highest BCUT2D eigenvalue weighted by Gasteiger charge is 2.70. The van der Waals surface area contributed by atoms with E-state index in [0.717, 1.165) is 32.1 Å². The van der Waals surface area contributed by atoms with Gasteiger partial charge in [-0.25, -0.2) is 4.79 Å². The zero-order valence-corrected chi connectivity index (χ0v) is 16.1. The molecule has 1 heterocycles. The van der Waals surface area contributed by atoms with Crippen molar-refractivity contribution in [3.63, 3.8) is 0 Å².